The van der Waals surface area contributed by atoms with Gasteiger partial charge in [-0.2, -0.15) is 5.10 Å². The van der Waals surface area contributed by atoms with E-state index < -0.39 is 0 Å². The molecular weight excluding hydrogens is 240 g/mol. The van der Waals surface area contributed by atoms with Crippen molar-refractivity contribution in [2.45, 2.75) is 13.3 Å². The Bertz CT molecular complexity index is 546. The molecule has 0 unspecified atom stereocenters. The molecule has 0 amide bonds. The van der Waals surface area contributed by atoms with E-state index in [2.05, 4.69) is 10.2 Å². The van der Waals surface area contributed by atoms with Gasteiger partial charge in [-0.05, 0) is 42.7 Å². The summed E-state index contributed by atoms with van der Waals surface area (Å²) >= 11 is 10.9. The van der Waals surface area contributed by atoms with Crippen LogP contribution >= 0.6 is 23.8 Å². The van der Waals surface area contributed by atoms with Gasteiger partial charge in [0, 0.05) is 5.02 Å². The number of hydrogen-bond acceptors (Lipinski definition) is 2. The Morgan fingerprint density at radius 2 is 2.00 bits per heavy atom. The number of aromatic amines is 1. The van der Waals surface area contributed by atoms with Crippen molar-refractivity contribution >= 4 is 23.8 Å². The number of benzene rings is 1. The second-order valence-electron chi connectivity index (χ2n) is 3.65. The number of aromatic nitrogens is 2. The Hall–Kier alpha value is -1.19. The molecule has 2 rings (SSSR count). The second kappa shape index (κ2) is 4.76. The third-order valence-corrected chi connectivity index (χ3v) is 2.87. The molecular formula is C12H11ClN2S. The summed E-state index contributed by atoms with van der Waals surface area (Å²) in [6.07, 6.45) is 0.828. The number of nitrogens with zero attached hydrogens (tertiary/aromatic N) is 1. The van der Waals surface area contributed by atoms with Crippen LogP contribution < -0.4 is 0 Å². The zero-order chi connectivity index (χ0) is 11.5. The molecule has 1 N–H and O–H groups in total. The monoisotopic (exact) mass is 250 g/mol. The molecule has 1 heterocycles. The molecule has 4 heteroatoms. The number of rotatable bonds is 2. The van der Waals surface area contributed by atoms with Gasteiger partial charge in [-0.25, -0.2) is 0 Å². The molecule has 0 aliphatic carbocycles. The van der Waals surface area contributed by atoms with Gasteiger partial charge in [0.15, 0.2) is 0 Å². The van der Waals surface area contributed by atoms with Crippen molar-refractivity contribution < 1.29 is 0 Å². The van der Waals surface area contributed by atoms with Gasteiger partial charge in [-0.3, -0.25) is 5.10 Å². The lowest BCUT2D eigenvalue weighted by Gasteiger charge is -2.04. The van der Waals surface area contributed by atoms with E-state index in [0.29, 0.717) is 4.64 Å². The van der Waals surface area contributed by atoms with Crippen molar-refractivity contribution in [3.05, 3.63) is 56.8 Å². The van der Waals surface area contributed by atoms with Gasteiger partial charge in [-0.1, -0.05) is 36.0 Å². The number of hydrogen-bond donors (Lipinski definition) is 1. The molecule has 82 valence electrons. The van der Waals surface area contributed by atoms with Crippen LogP contribution in [0.25, 0.3) is 0 Å². The first-order valence-corrected chi connectivity index (χ1v) is 5.73. The van der Waals surface area contributed by atoms with Gasteiger partial charge in [-0.15, -0.1) is 0 Å². The molecule has 0 radical (unpaired) electrons. The average Bonchev–Trinajstić information content (AvgIpc) is 2.27. The van der Waals surface area contributed by atoms with Crippen molar-refractivity contribution in [2.24, 2.45) is 0 Å². The quantitative estimate of drug-likeness (QED) is 0.824. The fourth-order valence-corrected chi connectivity index (χ4v) is 1.82. The lowest BCUT2D eigenvalue weighted by Crippen LogP contribution is -1.96. The molecule has 0 aliphatic rings. The largest absolute Gasteiger partial charge is 0.268 e. The number of nitrogens with one attached hydrogen (secondary N) is 1. The molecule has 16 heavy (non-hydrogen) atoms. The van der Waals surface area contributed by atoms with Crippen molar-refractivity contribution in [2.75, 3.05) is 0 Å². The Morgan fingerprint density at radius 1 is 1.31 bits per heavy atom. The Morgan fingerprint density at radius 3 is 2.69 bits per heavy atom. The minimum atomic E-state index is 0.662. The van der Waals surface area contributed by atoms with Crippen LogP contribution in [0.15, 0.2) is 30.3 Å². The predicted molar refractivity (Wildman–Crippen MR) is 68.4 cm³/mol. The summed E-state index contributed by atoms with van der Waals surface area (Å²) in [7, 11) is 0. The molecule has 2 aromatic rings. The summed E-state index contributed by atoms with van der Waals surface area (Å²) in [5.74, 6) is 0. The van der Waals surface area contributed by atoms with Crippen molar-refractivity contribution in [3.8, 4) is 0 Å². The molecule has 0 fully saturated rings. The van der Waals surface area contributed by atoms with E-state index in [-0.39, 0.29) is 0 Å². The van der Waals surface area contributed by atoms with Crippen LogP contribution in [0.2, 0.25) is 5.02 Å². The van der Waals surface area contributed by atoms with Gasteiger partial charge in [0.25, 0.3) is 0 Å². The van der Waals surface area contributed by atoms with Crippen LogP contribution in [-0.2, 0) is 6.42 Å². The van der Waals surface area contributed by atoms with Crippen molar-refractivity contribution in [3.63, 3.8) is 0 Å². The highest BCUT2D eigenvalue weighted by molar-refractivity contribution is 7.71. The van der Waals surface area contributed by atoms with E-state index in [1.807, 2.05) is 37.3 Å². The summed E-state index contributed by atoms with van der Waals surface area (Å²) in [4.78, 5) is 0. The van der Waals surface area contributed by atoms with Gasteiger partial charge in [0.05, 0.1) is 5.69 Å². The average molecular weight is 251 g/mol. The molecule has 1 aromatic carbocycles. The molecule has 2 nitrogen and oxygen atoms in total. The Balaban J connectivity index is 2.30. The topological polar surface area (TPSA) is 28.7 Å². The summed E-state index contributed by atoms with van der Waals surface area (Å²) in [5.41, 5.74) is 3.32. The van der Waals surface area contributed by atoms with Crippen LogP contribution in [-0.4, -0.2) is 10.2 Å². The van der Waals surface area contributed by atoms with Crippen LogP contribution in [0.3, 0.4) is 0 Å². The summed E-state index contributed by atoms with van der Waals surface area (Å²) in [6.45, 7) is 1.97. The van der Waals surface area contributed by atoms with E-state index in [1.165, 1.54) is 5.56 Å². The fourth-order valence-electron chi connectivity index (χ4n) is 1.51. The fraction of sp³-hybridized carbons (Fsp3) is 0.167. The highest BCUT2D eigenvalue weighted by atomic mass is 35.5. The smallest absolute Gasteiger partial charge is 0.119 e. The number of aryl methyl sites for hydroxylation is 1. The standard InChI is InChI=1S/C12H11ClN2S/c1-8-10(7-12(16)15-14-8)6-9-2-4-11(13)5-3-9/h2-5,7H,6H2,1H3,(H,15,16). The van der Waals surface area contributed by atoms with Crippen LogP contribution in [0.4, 0.5) is 0 Å². The molecule has 0 atom stereocenters. The Kier molecular flexibility index (Phi) is 3.36. The molecule has 0 saturated heterocycles. The highest BCUT2D eigenvalue weighted by Gasteiger charge is 2.01. The normalized spacial score (nSPS) is 10.4. The maximum absolute atomic E-state index is 5.84. The zero-order valence-electron chi connectivity index (χ0n) is 8.83. The first kappa shape index (κ1) is 11.3. The van der Waals surface area contributed by atoms with Crippen LogP contribution in [0, 0.1) is 11.6 Å². The molecule has 0 bridgehead atoms. The van der Waals surface area contributed by atoms with E-state index in [9.17, 15) is 0 Å². The van der Waals surface area contributed by atoms with Gasteiger partial charge < -0.3 is 0 Å². The second-order valence-corrected chi connectivity index (χ2v) is 4.52. The van der Waals surface area contributed by atoms with Gasteiger partial charge >= 0.3 is 0 Å². The van der Waals surface area contributed by atoms with E-state index in [0.717, 1.165) is 22.7 Å². The maximum Gasteiger partial charge on any atom is 0.119 e. The predicted octanol–water partition coefficient (Wildman–Crippen LogP) is 3.69. The van der Waals surface area contributed by atoms with E-state index in [1.54, 1.807) is 0 Å². The first-order valence-electron chi connectivity index (χ1n) is 4.95. The molecule has 0 spiro atoms. The molecule has 0 aliphatic heterocycles. The van der Waals surface area contributed by atoms with Crippen LogP contribution in [0.1, 0.15) is 16.8 Å². The summed E-state index contributed by atoms with van der Waals surface area (Å²) in [5, 5.41) is 7.67. The Labute approximate surface area is 104 Å². The van der Waals surface area contributed by atoms with Gasteiger partial charge in [0.2, 0.25) is 0 Å². The lowest BCUT2D eigenvalue weighted by molar-refractivity contribution is 0.931. The van der Waals surface area contributed by atoms with Crippen molar-refractivity contribution in [1.82, 2.24) is 10.2 Å². The van der Waals surface area contributed by atoms with E-state index in [4.69, 9.17) is 23.8 Å². The third kappa shape index (κ3) is 2.68. The number of halogens is 1. The molecule has 1 aromatic heterocycles. The zero-order valence-corrected chi connectivity index (χ0v) is 10.4. The van der Waals surface area contributed by atoms with Crippen molar-refractivity contribution in [1.29, 1.82) is 0 Å². The van der Waals surface area contributed by atoms with E-state index >= 15 is 0 Å². The van der Waals surface area contributed by atoms with Crippen LogP contribution in [0.5, 0.6) is 0 Å². The first-order chi connectivity index (χ1) is 7.65. The number of H-pyrrole nitrogens is 1. The minimum Gasteiger partial charge on any atom is -0.268 e. The highest BCUT2D eigenvalue weighted by Crippen LogP contribution is 2.14. The lowest BCUT2D eigenvalue weighted by atomic mass is 10.1. The molecule has 0 saturated carbocycles. The SMILES string of the molecule is Cc1n[nH]c(=S)cc1Cc1ccc(Cl)cc1. The minimum absolute atomic E-state index is 0.662. The van der Waals surface area contributed by atoms with Gasteiger partial charge in [0.1, 0.15) is 4.64 Å². The maximum atomic E-state index is 5.84. The summed E-state index contributed by atoms with van der Waals surface area (Å²) < 4.78 is 0.662. The summed E-state index contributed by atoms with van der Waals surface area (Å²) in [6, 6.07) is 9.77. The third-order valence-electron chi connectivity index (χ3n) is 2.41.